The van der Waals surface area contributed by atoms with Gasteiger partial charge in [-0.2, -0.15) is 0 Å². The molecule has 84 heavy (non-hydrogen) atoms. The van der Waals surface area contributed by atoms with Gasteiger partial charge in [0.1, 0.15) is 51.1 Å². The van der Waals surface area contributed by atoms with Gasteiger partial charge in [0.25, 0.3) is 5.70 Å². The average molecular weight is 1200 g/mol. The summed E-state index contributed by atoms with van der Waals surface area (Å²) in [4.78, 5) is 127. The van der Waals surface area contributed by atoms with Crippen molar-refractivity contribution in [3.8, 4) is 29.1 Å². The zero-order chi connectivity index (χ0) is 60.7. The fraction of sp³-hybridized carbons (Fsp3) is 0.379. The van der Waals surface area contributed by atoms with Gasteiger partial charge in [-0.05, 0) is 98.9 Å². The number of ether oxygens (including phenoxy) is 10. The van der Waals surface area contributed by atoms with Crippen LogP contribution in [-0.4, -0.2) is 86.1 Å². The first-order chi connectivity index (χ1) is 40.4. The van der Waals surface area contributed by atoms with Crippen LogP contribution in [0.1, 0.15) is 88.2 Å². The summed E-state index contributed by atoms with van der Waals surface area (Å²) in [5.41, 5.74) is 0.232. The quantitative estimate of drug-likeness (QED) is 0.0138. The third-order valence-corrected chi connectivity index (χ3v) is 15.4. The summed E-state index contributed by atoms with van der Waals surface area (Å²) in [7, 11) is 0. The molecule has 2 fully saturated rings. The maximum absolute atomic E-state index is 15.0. The third kappa shape index (κ3) is 19.4. The number of carbonyl (C=O) groups excluding carboxylic acids is 10. The zero-order valence-electron chi connectivity index (χ0n) is 44.9. The number of thioether (sulfide) groups is 2. The molecule has 1 aliphatic heterocycles. The van der Waals surface area contributed by atoms with Crippen LogP contribution in [0.4, 0.5) is 8.78 Å². The minimum Gasteiger partial charge on any atom is -0.462 e. The molecule has 1 heterocycles. The van der Waals surface area contributed by atoms with Gasteiger partial charge in [-0.1, -0.05) is 48.8 Å². The summed E-state index contributed by atoms with van der Waals surface area (Å²) in [5.74, 6) is -12.1. The minimum atomic E-state index is -0.899. The number of allylic oxidation sites excluding steroid dienone is 1. The lowest BCUT2D eigenvalue weighted by Gasteiger charge is -2.26. The van der Waals surface area contributed by atoms with E-state index in [2.05, 4.69) is 27.5 Å². The van der Waals surface area contributed by atoms with Crippen molar-refractivity contribution in [3.63, 3.8) is 0 Å². The lowest BCUT2D eigenvalue weighted by molar-refractivity contribution is -0.153. The number of hydrogen-bond donors (Lipinski definition) is 0. The smallest absolute Gasteiger partial charge is 0.330 e. The van der Waals surface area contributed by atoms with Crippen molar-refractivity contribution in [1.29, 1.82) is 5.26 Å². The summed E-state index contributed by atoms with van der Waals surface area (Å²) in [5, 5.41) is 9.68. The van der Waals surface area contributed by atoms with E-state index in [9.17, 15) is 53.2 Å². The highest BCUT2D eigenvalue weighted by Crippen LogP contribution is 2.59. The van der Waals surface area contributed by atoms with Gasteiger partial charge in [0.2, 0.25) is 0 Å². The van der Waals surface area contributed by atoms with Crippen molar-refractivity contribution < 1.29 is 104 Å². The number of carbonyl (C=O) groups is 10. The Morgan fingerprint density at radius 3 is 1.13 bits per heavy atom. The zero-order valence-corrected chi connectivity index (χ0v) is 46.5. The van der Waals surface area contributed by atoms with Gasteiger partial charge in [-0.25, -0.2) is 28.5 Å². The van der Waals surface area contributed by atoms with Gasteiger partial charge in [0.05, 0.1) is 76.0 Å². The van der Waals surface area contributed by atoms with Gasteiger partial charge in [-0.15, -0.1) is 0 Å². The maximum atomic E-state index is 15.0. The number of fused-ring (bicyclic) bond motifs is 1. The number of hydrogen-bond acceptors (Lipinski definition) is 23. The molecule has 0 saturated heterocycles. The van der Waals surface area contributed by atoms with Crippen LogP contribution in [0.2, 0.25) is 0 Å². The Hall–Kier alpha value is -8.88. The van der Waals surface area contributed by atoms with Crippen molar-refractivity contribution >= 4 is 83.2 Å². The van der Waals surface area contributed by atoms with E-state index < -0.39 is 95.0 Å². The molecule has 26 heteroatoms. The molecule has 3 aromatic carbocycles. The molecule has 2 saturated carbocycles. The van der Waals surface area contributed by atoms with E-state index in [1.807, 2.05) is 6.07 Å². The molecule has 0 bridgehead atoms. The van der Waals surface area contributed by atoms with Crippen LogP contribution >= 0.6 is 23.5 Å². The summed E-state index contributed by atoms with van der Waals surface area (Å²) in [6.45, 7) is 12.5. The number of esters is 10. The number of halogens is 2. The fourth-order valence-corrected chi connectivity index (χ4v) is 10.8. The lowest BCUT2D eigenvalue weighted by Crippen LogP contribution is -2.31. The van der Waals surface area contributed by atoms with E-state index in [0.29, 0.717) is 9.79 Å². The summed E-state index contributed by atoms with van der Waals surface area (Å²) < 4.78 is 82.1. The first-order valence-electron chi connectivity index (χ1n) is 26.1. The number of benzene rings is 3. The average Bonchev–Trinajstić information content (AvgIpc) is 3.18. The molecule has 0 aromatic heterocycles. The molecule has 442 valence electrons. The molecule has 0 spiro atoms. The largest absolute Gasteiger partial charge is 0.462 e. The highest BCUT2D eigenvalue weighted by Gasteiger charge is 2.37. The number of nitriles is 1. The van der Waals surface area contributed by atoms with E-state index in [-0.39, 0.29) is 161 Å². The van der Waals surface area contributed by atoms with Crippen LogP contribution in [0.5, 0.6) is 23.0 Å². The monoisotopic (exact) mass is 1200 g/mol. The molecular formula is C58H54F2N2O20S2. The number of nitrogens with zero attached hydrogens (tertiary/aromatic N) is 2. The summed E-state index contributed by atoms with van der Waals surface area (Å²) in [6.07, 6.45) is 2.33. The second-order valence-corrected chi connectivity index (χ2v) is 20.9. The highest BCUT2D eigenvalue weighted by atomic mass is 32.2. The van der Waals surface area contributed by atoms with E-state index in [4.69, 9.17) is 44.5 Å². The molecule has 0 amide bonds. The summed E-state index contributed by atoms with van der Waals surface area (Å²) in [6, 6.07) is 11.9. The van der Waals surface area contributed by atoms with Gasteiger partial charge in [0, 0.05) is 12.2 Å². The summed E-state index contributed by atoms with van der Waals surface area (Å²) >= 11 is 1.98. The molecule has 0 radical (unpaired) electrons. The molecule has 3 aliphatic rings. The van der Waals surface area contributed by atoms with Crippen LogP contribution in [0.25, 0.3) is 4.85 Å². The van der Waals surface area contributed by atoms with E-state index in [0.717, 1.165) is 47.8 Å². The normalized spacial score (nSPS) is 16.7. The van der Waals surface area contributed by atoms with Crippen molar-refractivity contribution in [2.75, 3.05) is 26.4 Å². The molecule has 6 rings (SSSR count). The molecule has 2 aliphatic carbocycles. The van der Waals surface area contributed by atoms with Crippen LogP contribution < -0.4 is 18.9 Å². The minimum absolute atomic E-state index is 0.0756. The van der Waals surface area contributed by atoms with Crippen molar-refractivity contribution in [3.05, 3.63) is 118 Å². The second kappa shape index (κ2) is 32.1. The van der Waals surface area contributed by atoms with Crippen molar-refractivity contribution in [2.45, 2.75) is 100 Å². The Kier molecular flexibility index (Phi) is 24.6. The molecule has 0 atom stereocenters. The topological polar surface area (TPSA) is 291 Å². The Bertz CT molecular complexity index is 2970. The van der Waals surface area contributed by atoms with Gasteiger partial charge < -0.3 is 47.4 Å². The van der Waals surface area contributed by atoms with Crippen LogP contribution in [0, 0.1) is 53.2 Å². The molecule has 0 N–H and O–H groups in total. The van der Waals surface area contributed by atoms with Crippen molar-refractivity contribution in [2.24, 2.45) is 23.7 Å². The standard InChI is InChI=1S/C58H54F2N2O20S2/c1-4-46(63)73-24-26-75-48(65)20-22-50(67)77-31-33-6-16-42(39(59)28-33)79-54(69)35-8-12-37(13-9-35)56(71)81-44-18-19-45(53-52(44)83-58(84-53)41(30-61)62-3)82-57(72)38-14-10-36(11-15-38)55(70)80-43-17-7-34(29-40(43)60)32-78-51(68)23-21-49(66)76-27-25-74-47(64)5-2/h4-7,16-19,28-29,35-38H,1-2,8-15,20-27,31-32H2. The molecular weight excluding hydrogens is 1150 g/mol. The van der Waals surface area contributed by atoms with Gasteiger partial charge in [0.15, 0.2) is 23.1 Å². The molecule has 22 nitrogen and oxygen atoms in total. The Morgan fingerprint density at radius 1 is 0.512 bits per heavy atom. The van der Waals surface area contributed by atoms with E-state index in [1.165, 1.54) is 36.4 Å². The fourth-order valence-electron chi connectivity index (χ4n) is 8.37. The predicted molar refractivity (Wildman–Crippen MR) is 286 cm³/mol. The SMILES string of the molecule is [C-]#[N+]C(C#N)=C1Sc2c(OC(=O)C3CCC(C(=O)Oc4ccc(COC(=O)CCC(=O)OCCOC(=O)C=C)cc4F)CC3)ccc(OC(=O)C3CCC(C(=O)Oc4ccc(COC(=O)CCC(=O)OCCOC(=O)C=C)cc4F)CC3)c2S1. The molecule has 0 unspecified atom stereocenters. The van der Waals surface area contributed by atoms with Crippen LogP contribution in [-0.2, 0) is 89.6 Å². The first kappa shape index (κ1) is 64.3. The van der Waals surface area contributed by atoms with E-state index >= 15 is 8.78 Å². The maximum Gasteiger partial charge on any atom is 0.330 e. The van der Waals surface area contributed by atoms with Crippen molar-refractivity contribution in [1.82, 2.24) is 0 Å². The Morgan fingerprint density at radius 2 is 0.821 bits per heavy atom. The predicted octanol–water partition coefficient (Wildman–Crippen LogP) is 8.60. The lowest BCUT2D eigenvalue weighted by atomic mass is 9.82. The van der Waals surface area contributed by atoms with Crippen LogP contribution in [0.15, 0.2) is 93.6 Å². The van der Waals surface area contributed by atoms with E-state index in [1.54, 1.807) is 0 Å². The highest BCUT2D eigenvalue weighted by molar-refractivity contribution is 8.24. The third-order valence-electron chi connectivity index (χ3n) is 12.8. The van der Waals surface area contributed by atoms with Gasteiger partial charge >= 0.3 is 59.7 Å². The number of rotatable bonds is 26. The molecule has 3 aromatic rings. The van der Waals surface area contributed by atoms with Crippen LogP contribution in [0.3, 0.4) is 0 Å². The Labute approximate surface area is 487 Å². The first-order valence-corrected chi connectivity index (χ1v) is 27.7. The second-order valence-electron chi connectivity index (χ2n) is 18.6. The van der Waals surface area contributed by atoms with Gasteiger partial charge in [-0.3, -0.25) is 38.4 Å². The Balaban J connectivity index is 0.935.